The van der Waals surface area contributed by atoms with E-state index in [2.05, 4.69) is 15.0 Å². The quantitative estimate of drug-likeness (QED) is 0.713. The molecule has 0 saturated heterocycles. The van der Waals surface area contributed by atoms with Crippen LogP contribution in [0.4, 0.5) is 0 Å². The minimum absolute atomic E-state index is 0.000000000000000444. The van der Waals surface area contributed by atoms with Gasteiger partial charge in [0.2, 0.25) is 15.9 Å². The fraction of sp³-hybridized carbons (Fsp3) is 0.250. The fourth-order valence-electron chi connectivity index (χ4n) is 0.303. The van der Waals surface area contributed by atoms with Crippen molar-refractivity contribution in [3.63, 3.8) is 0 Å². The maximum Gasteiger partial charge on any atom is 0.227 e. The van der Waals surface area contributed by atoms with Crippen LogP contribution in [0.2, 0.25) is 15.9 Å². The largest absolute Gasteiger partial charge is 0.400 e. The summed E-state index contributed by atoms with van der Waals surface area (Å²) in [6.45, 7) is 0. The number of hydrogen-bond acceptors (Lipinski definition) is 4. The molecule has 0 aliphatic carbocycles. The highest BCUT2D eigenvalue weighted by Gasteiger charge is 1.97. The van der Waals surface area contributed by atoms with E-state index >= 15 is 0 Å². The zero-order valence-corrected chi connectivity index (χ0v) is 7.69. The van der Waals surface area contributed by atoms with E-state index in [0.717, 1.165) is 7.11 Å². The Kier molecular flexibility index (Phi) is 5.41. The number of halogens is 3. The zero-order valence-electron chi connectivity index (χ0n) is 5.42. The van der Waals surface area contributed by atoms with Crippen molar-refractivity contribution >= 4 is 34.8 Å². The molecule has 0 atom stereocenters. The van der Waals surface area contributed by atoms with Crippen molar-refractivity contribution in [2.24, 2.45) is 0 Å². The minimum atomic E-state index is 0.000000000000000444. The van der Waals surface area contributed by atoms with Crippen LogP contribution in [0, 0.1) is 0 Å². The van der Waals surface area contributed by atoms with Crippen LogP contribution in [0.1, 0.15) is 0 Å². The van der Waals surface area contributed by atoms with E-state index in [4.69, 9.17) is 39.9 Å². The zero-order chi connectivity index (χ0) is 8.85. The van der Waals surface area contributed by atoms with Gasteiger partial charge in [-0.2, -0.15) is 15.0 Å². The summed E-state index contributed by atoms with van der Waals surface area (Å²) in [5.41, 5.74) is 0. The summed E-state index contributed by atoms with van der Waals surface area (Å²) in [5.74, 6) is 0. The van der Waals surface area contributed by atoms with Gasteiger partial charge in [0.05, 0.1) is 0 Å². The summed E-state index contributed by atoms with van der Waals surface area (Å²) in [5, 5.41) is 7.00. The Hall–Kier alpha value is -0.160. The van der Waals surface area contributed by atoms with Gasteiger partial charge >= 0.3 is 0 Å². The predicted octanol–water partition coefficient (Wildman–Crippen LogP) is 1.44. The van der Waals surface area contributed by atoms with Crippen molar-refractivity contribution in [1.82, 2.24) is 15.0 Å². The number of aliphatic hydroxyl groups is 1. The van der Waals surface area contributed by atoms with Crippen LogP contribution < -0.4 is 0 Å². The van der Waals surface area contributed by atoms with Crippen LogP contribution in [-0.2, 0) is 0 Å². The maximum absolute atomic E-state index is 7.00. The summed E-state index contributed by atoms with van der Waals surface area (Å²) in [6, 6.07) is 0. The molecule has 0 saturated carbocycles. The molecule has 1 N–H and O–H groups in total. The molecule has 0 fully saturated rings. The second kappa shape index (κ2) is 5.49. The van der Waals surface area contributed by atoms with E-state index in [1.807, 2.05) is 0 Å². The average molecular weight is 216 g/mol. The number of aliphatic hydroxyl groups excluding tert-OH is 1. The van der Waals surface area contributed by atoms with Crippen molar-refractivity contribution in [1.29, 1.82) is 0 Å². The smallest absolute Gasteiger partial charge is 0.227 e. The van der Waals surface area contributed by atoms with Crippen molar-refractivity contribution in [2.75, 3.05) is 7.11 Å². The lowest BCUT2D eigenvalue weighted by Crippen LogP contribution is -1.87. The molecule has 0 aliphatic heterocycles. The first-order chi connectivity index (χ1) is 5.18. The number of aromatic nitrogens is 3. The summed E-state index contributed by atoms with van der Waals surface area (Å²) < 4.78 is 0. The van der Waals surface area contributed by atoms with Gasteiger partial charge in [-0.05, 0) is 34.8 Å². The van der Waals surface area contributed by atoms with Gasteiger partial charge in [-0.3, -0.25) is 0 Å². The predicted molar refractivity (Wildman–Crippen MR) is 43.0 cm³/mol. The molecule has 0 unspecified atom stereocenters. The summed E-state index contributed by atoms with van der Waals surface area (Å²) in [4.78, 5) is 10.4. The normalized spacial score (nSPS) is 8.45. The first-order valence-electron chi connectivity index (χ1n) is 2.36. The molecule has 0 aliphatic rings. The van der Waals surface area contributed by atoms with Crippen LogP contribution in [-0.4, -0.2) is 27.2 Å². The SMILES string of the molecule is CO.Clc1nc(Cl)nc(Cl)n1. The molecule has 0 radical (unpaired) electrons. The molecule has 11 heavy (non-hydrogen) atoms. The van der Waals surface area contributed by atoms with Gasteiger partial charge in [-0.15, -0.1) is 0 Å². The Labute approximate surface area is 78.2 Å². The number of hydrogen-bond donors (Lipinski definition) is 1. The van der Waals surface area contributed by atoms with E-state index in [9.17, 15) is 0 Å². The Morgan fingerprint density at radius 3 is 1.18 bits per heavy atom. The molecule has 7 heteroatoms. The van der Waals surface area contributed by atoms with Crippen LogP contribution in [0.5, 0.6) is 0 Å². The second-order valence-corrected chi connectivity index (χ2v) is 2.16. The average Bonchev–Trinajstić information content (AvgIpc) is 1.88. The molecule has 1 heterocycles. The van der Waals surface area contributed by atoms with Gasteiger partial charge < -0.3 is 5.11 Å². The maximum atomic E-state index is 7.00. The topological polar surface area (TPSA) is 58.9 Å². The Morgan fingerprint density at radius 1 is 0.818 bits per heavy atom. The van der Waals surface area contributed by atoms with E-state index in [1.54, 1.807) is 0 Å². The lowest BCUT2D eigenvalue weighted by atomic mass is 11.1. The molecule has 0 amide bonds. The molecule has 1 rings (SSSR count). The third-order valence-electron chi connectivity index (χ3n) is 0.554. The fourth-order valence-corrected chi connectivity index (χ4v) is 0.913. The standard InChI is InChI=1S/C3Cl3N3.CH4O/c4-1-7-2(5)9-3(6)8-1;1-2/h;2H,1H3. The summed E-state index contributed by atoms with van der Waals surface area (Å²) in [6.07, 6.45) is 0. The minimum Gasteiger partial charge on any atom is -0.400 e. The van der Waals surface area contributed by atoms with Crippen molar-refractivity contribution in [2.45, 2.75) is 0 Å². The second-order valence-electron chi connectivity index (χ2n) is 1.14. The van der Waals surface area contributed by atoms with E-state index in [-0.39, 0.29) is 15.9 Å². The van der Waals surface area contributed by atoms with Crippen LogP contribution >= 0.6 is 34.8 Å². The first-order valence-corrected chi connectivity index (χ1v) is 3.49. The van der Waals surface area contributed by atoms with E-state index in [0.29, 0.717) is 0 Å². The molecular formula is C4H4Cl3N3O. The highest BCUT2D eigenvalue weighted by Crippen LogP contribution is 2.08. The summed E-state index contributed by atoms with van der Waals surface area (Å²) >= 11 is 16.0. The van der Waals surface area contributed by atoms with Crippen LogP contribution in [0.3, 0.4) is 0 Å². The molecule has 0 aromatic carbocycles. The third-order valence-corrected chi connectivity index (χ3v) is 1.06. The first kappa shape index (κ1) is 10.8. The highest BCUT2D eigenvalue weighted by molar-refractivity contribution is 6.33. The van der Waals surface area contributed by atoms with Crippen LogP contribution in [0.25, 0.3) is 0 Å². The Balaban J connectivity index is 0.000000461. The van der Waals surface area contributed by atoms with E-state index in [1.165, 1.54) is 0 Å². The summed E-state index contributed by atoms with van der Waals surface area (Å²) in [7, 11) is 1.00. The molecular weight excluding hydrogens is 212 g/mol. The molecule has 1 aromatic rings. The van der Waals surface area contributed by atoms with Gasteiger partial charge in [0.1, 0.15) is 0 Å². The molecule has 62 valence electrons. The Morgan fingerprint density at radius 2 is 1.00 bits per heavy atom. The van der Waals surface area contributed by atoms with E-state index < -0.39 is 0 Å². The third kappa shape index (κ3) is 4.31. The van der Waals surface area contributed by atoms with Crippen molar-refractivity contribution in [3.8, 4) is 0 Å². The number of rotatable bonds is 0. The van der Waals surface area contributed by atoms with Gasteiger partial charge in [0.15, 0.2) is 0 Å². The lowest BCUT2D eigenvalue weighted by molar-refractivity contribution is 0.399. The monoisotopic (exact) mass is 215 g/mol. The molecule has 1 aromatic heterocycles. The molecule has 0 bridgehead atoms. The van der Waals surface area contributed by atoms with Crippen molar-refractivity contribution < 1.29 is 5.11 Å². The van der Waals surface area contributed by atoms with Crippen LogP contribution in [0.15, 0.2) is 0 Å². The van der Waals surface area contributed by atoms with Gasteiger partial charge in [-0.25, -0.2) is 0 Å². The van der Waals surface area contributed by atoms with Gasteiger partial charge in [-0.1, -0.05) is 0 Å². The number of nitrogens with zero attached hydrogens (tertiary/aromatic N) is 3. The lowest BCUT2D eigenvalue weighted by Gasteiger charge is -1.88. The molecule has 0 spiro atoms. The van der Waals surface area contributed by atoms with Crippen molar-refractivity contribution in [3.05, 3.63) is 15.9 Å². The Bertz CT molecular complexity index is 181. The van der Waals surface area contributed by atoms with Gasteiger partial charge in [0.25, 0.3) is 0 Å². The van der Waals surface area contributed by atoms with Gasteiger partial charge in [0, 0.05) is 7.11 Å². The molecule has 4 nitrogen and oxygen atoms in total. The highest BCUT2D eigenvalue weighted by atomic mass is 35.5.